The first kappa shape index (κ1) is 30.0. The van der Waals surface area contributed by atoms with Crippen LogP contribution in [0.15, 0.2) is 24.3 Å². The summed E-state index contributed by atoms with van der Waals surface area (Å²) < 4.78 is 11.1. The lowest BCUT2D eigenvalue weighted by atomic mass is 10.2. The SMILES string of the molecule is CC(C)(C)OC(=O)CN1CCNCCN(CC(=O)OC(C)(C)C)CCN(Cc2ccc(N)cc2)CC1. The van der Waals surface area contributed by atoms with Crippen molar-refractivity contribution in [2.45, 2.75) is 59.3 Å². The van der Waals surface area contributed by atoms with Gasteiger partial charge in [0, 0.05) is 64.6 Å². The van der Waals surface area contributed by atoms with Crippen molar-refractivity contribution in [2.75, 3.05) is 71.2 Å². The predicted octanol–water partition coefficient (Wildman–Crippen LogP) is 1.96. The van der Waals surface area contributed by atoms with E-state index >= 15 is 0 Å². The molecule has 1 aliphatic rings. The Labute approximate surface area is 217 Å². The van der Waals surface area contributed by atoms with Crippen molar-refractivity contribution >= 4 is 17.6 Å². The molecule has 36 heavy (non-hydrogen) atoms. The number of benzene rings is 1. The van der Waals surface area contributed by atoms with E-state index in [0.717, 1.165) is 64.6 Å². The van der Waals surface area contributed by atoms with Gasteiger partial charge in [-0.15, -0.1) is 0 Å². The highest BCUT2D eigenvalue weighted by molar-refractivity contribution is 5.72. The molecule has 0 amide bonds. The maximum atomic E-state index is 12.5. The molecule has 0 unspecified atom stereocenters. The third-order valence-corrected chi connectivity index (χ3v) is 5.61. The van der Waals surface area contributed by atoms with Crippen molar-refractivity contribution < 1.29 is 19.1 Å². The minimum atomic E-state index is -0.499. The fourth-order valence-corrected chi connectivity index (χ4v) is 3.97. The summed E-state index contributed by atoms with van der Waals surface area (Å²) in [5.41, 5.74) is 6.79. The van der Waals surface area contributed by atoms with Gasteiger partial charge in [-0.1, -0.05) is 12.1 Å². The maximum absolute atomic E-state index is 12.5. The molecule has 3 N–H and O–H groups in total. The number of esters is 2. The van der Waals surface area contributed by atoms with E-state index in [0.29, 0.717) is 0 Å². The quantitative estimate of drug-likeness (QED) is 0.444. The van der Waals surface area contributed by atoms with Gasteiger partial charge in [-0.25, -0.2) is 0 Å². The first-order valence-electron chi connectivity index (χ1n) is 12.9. The van der Waals surface area contributed by atoms with Crippen LogP contribution in [0, 0.1) is 0 Å². The lowest BCUT2D eigenvalue weighted by Gasteiger charge is -2.32. The van der Waals surface area contributed by atoms with Crippen LogP contribution in [0.4, 0.5) is 5.69 Å². The van der Waals surface area contributed by atoms with Gasteiger partial charge in [-0.05, 0) is 59.2 Å². The number of nitrogens with two attached hydrogens (primary N) is 1. The molecular weight excluding hydrogens is 458 g/mol. The van der Waals surface area contributed by atoms with Crippen molar-refractivity contribution in [3.63, 3.8) is 0 Å². The zero-order valence-corrected chi connectivity index (χ0v) is 23.1. The minimum absolute atomic E-state index is 0.205. The van der Waals surface area contributed by atoms with Crippen LogP contribution in [-0.4, -0.2) is 103 Å². The standard InChI is InChI=1S/C27H47N5O4/c1-26(2,3)35-24(33)20-30-13-11-29-12-14-31(21-25(34)36-27(4,5)6)16-18-32(17-15-30)19-22-7-9-23(28)10-8-22/h7-10,29H,11-21,28H2,1-6H3. The first-order chi connectivity index (χ1) is 16.8. The summed E-state index contributed by atoms with van der Waals surface area (Å²) in [6.45, 7) is 18.6. The van der Waals surface area contributed by atoms with Crippen LogP contribution < -0.4 is 11.1 Å². The van der Waals surface area contributed by atoms with Crippen LogP contribution in [0.1, 0.15) is 47.1 Å². The second-order valence-corrected chi connectivity index (χ2v) is 11.5. The van der Waals surface area contributed by atoms with E-state index in [-0.39, 0.29) is 25.0 Å². The highest BCUT2D eigenvalue weighted by atomic mass is 16.6. The Morgan fingerprint density at radius 1 is 0.750 bits per heavy atom. The summed E-state index contributed by atoms with van der Waals surface area (Å²) in [6.07, 6.45) is 0. The van der Waals surface area contributed by atoms with Gasteiger partial charge in [0.25, 0.3) is 0 Å². The third-order valence-electron chi connectivity index (χ3n) is 5.61. The van der Waals surface area contributed by atoms with Crippen LogP contribution in [-0.2, 0) is 25.6 Å². The number of anilines is 1. The van der Waals surface area contributed by atoms with Gasteiger partial charge in [0.05, 0.1) is 13.1 Å². The van der Waals surface area contributed by atoms with Crippen molar-refractivity contribution in [2.24, 2.45) is 0 Å². The Hall–Kier alpha value is -2.20. The number of nitrogen functional groups attached to an aromatic ring is 1. The van der Waals surface area contributed by atoms with Crippen LogP contribution in [0.5, 0.6) is 0 Å². The fraction of sp³-hybridized carbons (Fsp3) is 0.704. The monoisotopic (exact) mass is 505 g/mol. The van der Waals surface area contributed by atoms with E-state index in [4.69, 9.17) is 15.2 Å². The lowest BCUT2D eigenvalue weighted by molar-refractivity contribution is -0.157. The van der Waals surface area contributed by atoms with Gasteiger partial charge in [0.15, 0.2) is 0 Å². The van der Waals surface area contributed by atoms with Gasteiger partial charge in [0.1, 0.15) is 11.2 Å². The van der Waals surface area contributed by atoms with Gasteiger partial charge >= 0.3 is 11.9 Å². The average Bonchev–Trinajstić information content (AvgIpc) is 2.72. The van der Waals surface area contributed by atoms with Gasteiger partial charge < -0.3 is 20.5 Å². The van der Waals surface area contributed by atoms with Crippen LogP contribution in [0.2, 0.25) is 0 Å². The number of hydrogen-bond donors (Lipinski definition) is 2. The number of hydrogen-bond acceptors (Lipinski definition) is 9. The lowest BCUT2D eigenvalue weighted by Crippen LogP contribution is -2.47. The van der Waals surface area contributed by atoms with E-state index in [2.05, 4.69) is 20.0 Å². The summed E-state index contributed by atoms with van der Waals surface area (Å²) in [4.78, 5) is 31.6. The van der Waals surface area contributed by atoms with E-state index in [9.17, 15) is 9.59 Å². The molecule has 0 atom stereocenters. The van der Waals surface area contributed by atoms with Gasteiger partial charge in [0.2, 0.25) is 0 Å². The van der Waals surface area contributed by atoms with Gasteiger partial charge in [-0.3, -0.25) is 24.3 Å². The molecular formula is C27H47N5O4. The van der Waals surface area contributed by atoms with Crippen LogP contribution in [0.3, 0.4) is 0 Å². The van der Waals surface area contributed by atoms with Gasteiger partial charge in [-0.2, -0.15) is 0 Å². The highest BCUT2D eigenvalue weighted by Gasteiger charge is 2.22. The first-order valence-corrected chi connectivity index (χ1v) is 12.9. The Morgan fingerprint density at radius 2 is 1.17 bits per heavy atom. The molecule has 1 fully saturated rings. The molecule has 1 aliphatic heterocycles. The molecule has 1 heterocycles. The fourth-order valence-electron chi connectivity index (χ4n) is 3.97. The molecule has 1 saturated heterocycles. The second kappa shape index (κ2) is 13.9. The molecule has 204 valence electrons. The molecule has 9 heteroatoms. The largest absolute Gasteiger partial charge is 0.459 e. The highest BCUT2D eigenvalue weighted by Crippen LogP contribution is 2.11. The molecule has 2 rings (SSSR count). The summed E-state index contributed by atoms with van der Waals surface area (Å²) in [6, 6.07) is 7.93. The Bertz CT molecular complexity index is 773. The summed E-state index contributed by atoms with van der Waals surface area (Å²) in [7, 11) is 0. The normalized spacial score (nSPS) is 18.2. The predicted molar refractivity (Wildman–Crippen MR) is 144 cm³/mol. The smallest absolute Gasteiger partial charge is 0.320 e. The molecule has 0 aliphatic carbocycles. The number of nitrogens with zero attached hydrogens (tertiary/aromatic N) is 3. The zero-order valence-electron chi connectivity index (χ0n) is 23.1. The number of ether oxygens (including phenoxy) is 2. The number of rotatable bonds is 6. The van der Waals surface area contributed by atoms with Crippen molar-refractivity contribution in [3.8, 4) is 0 Å². The van der Waals surface area contributed by atoms with Crippen LogP contribution >= 0.6 is 0 Å². The maximum Gasteiger partial charge on any atom is 0.320 e. The molecule has 9 nitrogen and oxygen atoms in total. The Balaban J connectivity index is 2.08. The molecule has 0 spiro atoms. The van der Waals surface area contributed by atoms with Crippen LogP contribution in [0.25, 0.3) is 0 Å². The summed E-state index contributed by atoms with van der Waals surface area (Å²) in [5, 5.41) is 3.45. The zero-order chi connectivity index (χ0) is 26.8. The number of nitrogens with one attached hydrogen (secondary N) is 1. The molecule has 0 bridgehead atoms. The average molecular weight is 506 g/mol. The molecule has 0 radical (unpaired) electrons. The Morgan fingerprint density at radius 3 is 1.58 bits per heavy atom. The molecule has 0 saturated carbocycles. The van der Waals surface area contributed by atoms with E-state index in [1.807, 2.05) is 65.8 Å². The van der Waals surface area contributed by atoms with E-state index in [1.165, 1.54) is 5.56 Å². The number of carbonyl (C=O) groups is 2. The second-order valence-electron chi connectivity index (χ2n) is 11.5. The van der Waals surface area contributed by atoms with E-state index in [1.54, 1.807) is 0 Å². The topological polar surface area (TPSA) is 100 Å². The van der Waals surface area contributed by atoms with E-state index < -0.39 is 11.2 Å². The summed E-state index contributed by atoms with van der Waals surface area (Å²) in [5.74, 6) is -0.411. The molecule has 1 aromatic carbocycles. The Kier molecular flexibility index (Phi) is 11.6. The third kappa shape index (κ3) is 13.2. The van der Waals surface area contributed by atoms with Crippen molar-refractivity contribution in [1.82, 2.24) is 20.0 Å². The van der Waals surface area contributed by atoms with Crippen molar-refractivity contribution in [3.05, 3.63) is 29.8 Å². The molecule has 0 aromatic heterocycles. The molecule has 1 aromatic rings. The summed E-state index contributed by atoms with van der Waals surface area (Å²) >= 11 is 0. The number of carbonyl (C=O) groups excluding carboxylic acids is 2. The van der Waals surface area contributed by atoms with Crippen molar-refractivity contribution in [1.29, 1.82) is 0 Å². The minimum Gasteiger partial charge on any atom is -0.459 e.